The topological polar surface area (TPSA) is 88.9 Å². The highest BCUT2D eigenvalue weighted by Crippen LogP contribution is 2.21. The van der Waals surface area contributed by atoms with Gasteiger partial charge in [0.25, 0.3) is 5.91 Å². The molecule has 0 unspecified atom stereocenters. The third kappa shape index (κ3) is 5.61. The predicted octanol–water partition coefficient (Wildman–Crippen LogP) is 2.86. The molecule has 9 nitrogen and oxygen atoms in total. The zero-order valence-electron chi connectivity index (χ0n) is 19.0. The molecule has 0 radical (unpaired) electrons. The van der Waals surface area contributed by atoms with Gasteiger partial charge in [-0.25, -0.2) is 9.78 Å². The Hall–Kier alpha value is -3.59. The number of imidazole rings is 1. The summed E-state index contributed by atoms with van der Waals surface area (Å²) < 4.78 is 12.7. The molecule has 1 aliphatic heterocycles. The first-order valence-electron chi connectivity index (χ1n) is 11.1. The van der Waals surface area contributed by atoms with Crippen LogP contribution in [0.4, 0.5) is 10.5 Å². The molecule has 0 aliphatic carbocycles. The van der Waals surface area contributed by atoms with E-state index in [-0.39, 0.29) is 18.6 Å². The van der Waals surface area contributed by atoms with Crippen molar-refractivity contribution in [2.75, 3.05) is 44.7 Å². The average molecular weight is 452 g/mol. The summed E-state index contributed by atoms with van der Waals surface area (Å²) in [7, 11) is 1.99. The van der Waals surface area contributed by atoms with Crippen molar-refractivity contribution in [1.29, 1.82) is 0 Å². The van der Waals surface area contributed by atoms with Gasteiger partial charge in [-0.1, -0.05) is 18.2 Å². The molecule has 4 rings (SSSR count). The van der Waals surface area contributed by atoms with E-state index in [2.05, 4.69) is 14.8 Å². The standard InChI is InChI=1S/C24H29N5O4/c1-3-32-24(31)29-13-11-28(12-14-29)16-22-26-20-15-18(9-10-21(20)27(22)2)25-23(30)17-33-19-7-5-4-6-8-19/h4-10,15H,3,11-14,16-17H2,1-2H3,(H,25,30). The van der Waals surface area contributed by atoms with Gasteiger partial charge in [0.1, 0.15) is 11.6 Å². The summed E-state index contributed by atoms with van der Waals surface area (Å²) in [6.45, 7) is 5.65. The quantitative estimate of drug-likeness (QED) is 0.594. The fourth-order valence-electron chi connectivity index (χ4n) is 3.83. The normalized spacial score (nSPS) is 14.3. The Bertz CT molecular complexity index is 1110. The van der Waals surface area contributed by atoms with Crippen LogP contribution in [-0.4, -0.2) is 70.7 Å². The number of hydrogen-bond donors (Lipinski definition) is 1. The van der Waals surface area contributed by atoms with Gasteiger partial charge in [0, 0.05) is 38.9 Å². The van der Waals surface area contributed by atoms with Crippen molar-refractivity contribution in [2.45, 2.75) is 13.5 Å². The molecule has 9 heteroatoms. The van der Waals surface area contributed by atoms with Crippen LogP contribution in [0.25, 0.3) is 11.0 Å². The summed E-state index contributed by atoms with van der Waals surface area (Å²) in [6.07, 6.45) is -0.247. The lowest BCUT2D eigenvalue weighted by molar-refractivity contribution is -0.118. The Labute approximate surface area is 192 Å². The molecule has 0 atom stereocenters. The third-order valence-corrected chi connectivity index (χ3v) is 5.63. The number of hydrogen-bond acceptors (Lipinski definition) is 6. The van der Waals surface area contributed by atoms with Crippen molar-refractivity contribution in [1.82, 2.24) is 19.4 Å². The van der Waals surface area contributed by atoms with Crippen molar-refractivity contribution in [3.05, 3.63) is 54.4 Å². The fraction of sp³-hybridized carbons (Fsp3) is 0.375. The van der Waals surface area contributed by atoms with Crippen LogP contribution in [0.2, 0.25) is 0 Å². The number of benzene rings is 2. The van der Waals surface area contributed by atoms with Gasteiger partial charge in [0.05, 0.1) is 24.2 Å². The molecule has 174 valence electrons. The Morgan fingerprint density at radius 3 is 2.55 bits per heavy atom. The van der Waals surface area contributed by atoms with E-state index in [4.69, 9.17) is 14.5 Å². The van der Waals surface area contributed by atoms with Gasteiger partial charge in [-0.3, -0.25) is 9.69 Å². The minimum atomic E-state index is -0.247. The molecule has 1 saturated heterocycles. The number of nitrogens with zero attached hydrogens (tertiary/aromatic N) is 4. The van der Waals surface area contributed by atoms with Gasteiger partial charge < -0.3 is 24.3 Å². The number of para-hydroxylation sites is 1. The number of fused-ring (bicyclic) bond motifs is 1. The average Bonchev–Trinajstić information content (AvgIpc) is 3.13. The summed E-state index contributed by atoms with van der Waals surface area (Å²) in [5.41, 5.74) is 2.49. The molecular formula is C24H29N5O4. The van der Waals surface area contributed by atoms with Crippen molar-refractivity contribution < 1.29 is 19.1 Å². The highest BCUT2D eigenvalue weighted by Gasteiger charge is 2.23. The molecule has 33 heavy (non-hydrogen) atoms. The second kappa shape index (κ2) is 10.4. The summed E-state index contributed by atoms with van der Waals surface area (Å²) >= 11 is 0. The molecule has 1 aromatic heterocycles. The van der Waals surface area contributed by atoms with Crippen molar-refractivity contribution >= 4 is 28.7 Å². The predicted molar refractivity (Wildman–Crippen MR) is 125 cm³/mol. The molecule has 0 bridgehead atoms. The van der Waals surface area contributed by atoms with Crippen LogP contribution in [0.5, 0.6) is 5.75 Å². The van der Waals surface area contributed by atoms with Gasteiger partial charge in [-0.05, 0) is 37.3 Å². The van der Waals surface area contributed by atoms with Gasteiger partial charge in [0.15, 0.2) is 6.61 Å². The number of aryl methyl sites for hydroxylation is 1. The first-order chi connectivity index (χ1) is 16.0. The molecule has 2 amide bonds. The number of aromatic nitrogens is 2. The molecular weight excluding hydrogens is 422 g/mol. The number of carbonyl (C=O) groups is 2. The van der Waals surface area contributed by atoms with Gasteiger partial charge in [0.2, 0.25) is 0 Å². The second-order valence-corrected chi connectivity index (χ2v) is 7.90. The smallest absolute Gasteiger partial charge is 0.409 e. The molecule has 0 saturated carbocycles. The third-order valence-electron chi connectivity index (χ3n) is 5.63. The Balaban J connectivity index is 1.35. The van der Waals surface area contributed by atoms with E-state index in [0.29, 0.717) is 37.7 Å². The maximum atomic E-state index is 12.3. The van der Waals surface area contributed by atoms with Gasteiger partial charge in [-0.15, -0.1) is 0 Å². The lowest BCUT2D eigenvalue weighted by Crippen LogP contribution is -2.48. The van der Waals surface area contributed by atoms with E-state index < -0.39 is 0 Å². The largest absolute Gasteiger partial charge is 0.484 e. The lowest BCUT2D eigenvalue weighted by atomic mass is 10.2. The van der Waals surface area contributed by atoms with Crippen molar-refractivity contribution in [3.8, 4) is 5.75 Å². The Kier molecular flexibility index (Phi) is 7.09. The molecule has 3 aromatic rings. The van der Waals surface area contributed by atoms with Crippen molar-refractivity contribution in [2.24, 2.45) is 7.05 Å². The maximum absolute atomic E-state index is 12.3. The molecule has 1 aliphatic rings. The lowest BCUT2D eigenvalue weighted by Gasteiger charge is -2.33. The van der Waals surface area contributed by atoms with E-state index in [9.17, 15) is 9.59 Å². The minimum Gasteiger partial charge on any atom is -0.484 e. The number of amides is 2. The Morgan fingerprint density at radius 2 is 1.82 bits per heavy atom. The minimum absolute atomic E-state index is 0.0622. The number of carbonyl (C=O) groups excluding carboxylic acids is 2. The zero-order valence-corrected chi connectivity index (χ0v) is 19.0. The maximum Gasteiger partial charge on any atom is 0.409 e. The first kappa shape index (κ1) is 22.6. The SMILES string of the molecule is CCOC(=O)N1CCN(Cc2nc3cc(NC(=O)COc4ccccc4)ccc3n2C)CC1. The van der Waals surface area contributed by atoms with E-state index >= 15 is 0 Å². The van der Waals surface area contributed by atoms with Crippen LogP contribution in [0.1, 0.15) is 12.7 Å². The van der Waals surface area contributed by atoms with Crippen LogP contribution in [0.15, 0.2) is 48.5 Å². The van der Waals surface area contributed by atoms with Crippen LogP contribution >= 0.6 is 0 Å². The summed E-state index contributed by atoms with van der Waals surface area (Å²) in [5.74, 6) is 1.36. The molecule has 1 fully saturated rings. The Morgan fingerprint density at radius 1 is 1.06 bits per heavy atom. The van der Waals surface area contributed by atoms with E-state index in [0.717, 1.165) is 29.9 Å². The highest BCUT2D eigenvalue weighted by atomic mass is 16.6. The number of piperazine rings is 1. The highest BCUT2D eigenvalue weighted by molar-refractivity contribution is 5.94. The molecule has 0 spiro atoms. The van der Waals surface area contributed by atoms with E-state index in [1.54, 1.807) is 4.90 Å². The molecule has 1 N–H and O–H groups in total. The monoisotopic (exact) mass is 451 g/mol. The summed E-state index contributed by atoms with van der Waals surface area (Å²) in [4.78, 5) is 33.0. The van der Waals surface area contributed by atoms with Crippen LogP contribution < -0.4 is 10.1 Å². The van der Waals surface area contributed by atoms with Gasteiger partial charge >= 0.3 is 6.09 Å². The van der Waals surface area contributed by atoms with E-state index in [1.165, 1.54) is 0 Å². The summed E-state index contributed by atoms with van der Waals surface area (Å²) in [6, 6.07) is 14.9. The molecule has 2 aromatic carbocycles. The number of rotatable bonds is 7. The molecule has 2 heterocycles. The van der Waals surface area contributed by atoms with Crippen LogP contribution in [-0.2, 0) is 23.1 Å². The van der Waals surface area contributed by atoms with Crippen molar-refractivity contribution in [3.63, 3.8) is 0 Å². The van der Waals surface area contributed by atoms with Crippen LogP contribution in [0.3, 0.4) is 0 Å². The fourth-order valence-corrected chi connectivity index (χ4v) is 3.83. The zero-order chi connectivity index (χ0) is 23.2. The van der Waals surface area contributed by atoms with E-state index in [1.807, 2.05) is 62.5 Å². The van der Waals surface area contributed by atoms with Crippen LogP contribution in [0, 0.1) is 0 Å². The van der Waals surface area contributed by atoms with Gasteiger partial charge in [-0.2, -0.15) is 0 Å². The number of anilines is 1. The number of nitrogens with one attached hydrogen (secondary N) is 1. The first-order valence-corrected chi connectivity index (χ1v) is 11.1. The number of ether oxygens (including phenoxy) is 2. The summed E-state index contributed by atoms with van der Waals surface area (Å²) in [5, 5.41) is 2.87. The second-order valence-electron chi connectivity index (χ2n) is 7.90.